The van der Waals surface area contributed by atoms with Gasteiger partial charge in [-0.1, -0.05) is 29.8 Å². The molecule has 1 aliphatic heterocycles. The van der Waals surface area contributed by atoms with E-state index >= 15 is 0 Å². The number of ketones is 2. The average Bonchev–Trinajstić information content (AvgIpc) is 2.62. The predicted molar refractivity (Wildman–Crippen MR) is 108 cm³/mol. The van der Waals surface area contributed by atoms with Crippen molar-refractivity contribution in [2.24, 2.45) is 0 Å². The van der Waals surface area contributed by atoms with Gasteiger partial charge in [-0.2, -0.15) is 5.26 Å². The fraction of sp³-hybridized carbons (Fsp3) is 0.348. The van der Waals surface area contributed by atoms with Gasteiger partial charge in [0.15, 0.2) is 11.6 Å². The monoisotopic (exact) mass is 395 g/mol. The molecular weight excluding hydrogens is 374 g/mol. The lowest BCUT2D eigenvalue weighted by atomic mass is 9.73. The number of nitriles is 1. The Morgan fingerprint density at radius 2 is 1.50 bits per heavy atom. The largest absolute Gasteiger partial charge is 0.354 e. The number of benzene rings is 2. The van der Waals surface area contributed by atoms with E-state index in [9.17, 15) is 14.9 Å². The Morgan fingerprint density at radius 3 is 2.07 bits per heavy atom. The van der Waals surface area contributed by atoms with Gasteiger partial charge in [-0.25, -0.2) is 0 Å². The highest BCUT2D eigenvalue weighted by atomic mass is 35.5. The zero-order chi connectivity index (χ0) is 20.9. The Balaban J connectivity index is 2.15. The number of halogens is 1. The molecule has 1 fully saturated rings. The highest BCUT2D eigenvalue weighted by Gasteiger charge is 2.53. The lowest BCUT2D eigenvalue weighted by molar-refractivity contribution is -0.184. The number of rotatable bonds is 2. The van der Waals surface area contributed by atoms with Crippen molar-refractivity contribution in [1.82, 2.24) is 0 Å². The second-order valence-corrected chi connectivity index (χ2v) is 8.57. The van der Waals surface area contributed by atoms with E-state index in [0.717, 1.165) is 16.7 Å². The number of carbonyl (C=O) groups excluding carboxylic acids is 2. The van der Waals surface area contributed by atoms with Gasteiger partial charge in [-0.15, -0.1) is 0 Å². The van der Waals surface area contributed by atoms with Gasteiger partial charge in [0.05, 0.1) is 10.6 Å². The van der Waals surface area contributed by atoms with Gasteiger partial charge in [-0.05, 0) is 75.1 Å². The first kappa shape index (κ1) is 20.3. The van der Waals surface area contributed by atoms with Crippen LogP contribution in [0.1, 0.15) is 50.3 Å². The van der Waals surface area contributed by atoms with E-state index in [2.05, 4.69) is 6.07 Å². The summed E-state index contributed by atoms with van der Waals surface area (Å²) in [6.45, 7) is 8.70. The number of nitrogens with zero attached hydrogens (tertiary/aromatic N) is 1. The highest BCUT2D eigenvalue weighted by Crippen LogP contribution is 2.40. The molecule has 0 radical (unpaired) electrons. The minimum Gasteiger partial charge on any atom is -0.354 e. The number of ether oxygens (including phenoxy) is 1. The molecule has 1 heterocycles. The van der Waals surface area contributed by atoms with Crippen LogP contribution in [0.2, 0.25) is 5.02 Å². The van der Waals surface area contributed by atoms with E-state index in [0.29, 0.717) is 16.1 Å². The molecule has 28 heavy (non-hydrogen) atoms. The average molecular weight is 396 g/mol. The van der Waals surface area contributed by atoms with Crippen molar-refractivity contribution in [1.29, 1.82) is 5.26 Å². The first-order valence-electron chi connectivity index (χ1n) is 9.07. The Morgan fingerprint density at radius 1 is 0.964 bits per heavy atom. The van der Waals surface area contributed by atoms with Crippen LogP contribution in [0.4, 0.5) is 0 Å². The molecule has 5 heteroatoms. The van der Waals surface area contributed by atoms with Gasteiger partial charge in [0.1, 0.15) is 23.2 Å². The summed E-state index contributed by atoms with van der Waals surface area (Å²) in [7, 11) is 0. The molecule has 0 atom stereocenters. The molecule has 0 amide bonds. The van der Waals surface area contributed by atoms with Gasteiger partial charge in [0, 0.05) is 0 Å². The normalized spacial score (nSPS) is 18.8. The SMILES string of the molecule is Cc1ccc(-c2ccc(Cl)c(C#N)c2)cc1C1C(=O)C(C)(C)OC(C)(C)C1=O. The minimum absolute atomic E-state index is 0.245. The fourth-order valence-electron chi connectivity index (χ4n) is 3.76. The molecule has 0 aliphatic carbocycles. The molecular formula is C23H22ClNO3. The van der Waals surface area contributed by atoms with Gasteiger partial charge in [0.25, 0.3) is 0 Å². The number of hydrogen-bond donors (Lipinski definition) is 0. The Labute approximate surface area is 170 Å². The van der Waals surface area contributed by atoms with Gasteiger partial charge in [-0.3, -0.25) is 9.59 Å². The van der Waals surface area contributed by atoms with Crippen LogP contribution in [0.3, 0.4) is 0 Å². The number of aryl methyl sites for hydroxylation is 1. The van der Waals surface area contributed by atoms with E-state index in [1.54, 1.807) is 39.8 Å². The summed E-state index contributed by atoms with van der Waals surface area (Å²) in [5.41, 5.74) is 1.41. The first-order valence-corrected chi connectivity index (χ1v) is 9.45. The molecule has 0 saturated carbocycles. The zero-order valence-electron chi connectivity index (χ0n) is 16.6. The summed E-state index contributed by atoms with van der Waals surface area (Å²) in [5.74, 6) is -1.38. The second kappa shape index (κ2) is 6.84. The predicted octanol–water partition coefficient (Wildman–Crippen LogP) is 5.00. The van der Waals surface area contributed by atoms with E-state index in [1.807, 2.05) is 31.2 Å². The van der Waals surface area contributed by atoms with Crippen LogP contribution < -0.4 is 0 Å². The molecule has 0 unspecified atom stereocenters. The standard InChI is InChI=1S/C23H22ClNO3/c1-13-6-7-15(14-8-9-18(24)16(10-14)12-25)11-17(13)19-20(26)22(2,3)28-23(4,5)21(19)27/h6-11,19H,1-5H3. The van der Waals surface area contributed by atoms with E-state index in [1.165, 1.54) is 0 Å². The zero-order valence-corrected chi connectivity index (χ0v) is 17.3. The summed E-state index contributed by atoms with van der Waals surface area (Å²) in [6.07, 6.45) is 0. The van der Waals surface area contributed by atoms with Crippen LogP contribution in [0, 0.1) is 18.3 Å². The molecule has 2 aromatic carbocycles. The second-order valence-electron chi connectivity index (χ2n) is 8.16. The van der Waals surface area contributed by atoms with Gasteiger partial charge < -0.3 is 4.74 Å². The summed E-state index contributed by atoms with van der Waals surface area (Å²) >= 11 is 6.04. The molecule has 144 valence electrons. The summed E-state index contributed by atoms with van der Waals surface area (Å²) in [4.78, 5) is 26.2. The Bertz CT molecular complexity index is 1000. The van der Waals surface area contributed by atoms with Crippen molar-refractivity contribution in [3.05, 3.63) is 58.1 Å². The van der Waals surface area contributed by atoms with Crippen molar-refractivity contribution in [3.8, 4) is 17.2 Å². The maximum absolute atomic E-state index is 13.1. The molecule has 1 saturated heterocycles. The topological polar surface area (TPSA) is 67.2 Å². The molecule has 4 nitrogen and oxygen atoms in total. The van der Waals surface area contributed by atoms with Crippen LogP contribution in [-0.2, 0) is 14.3 Å². The molecule has 1 aliphatic rings. The highest BCUT2D eigenvalue weighted by molar-refractivity contribution is 6.31. The summed E-state index contributed by atoms with van der Waals surface area (Å²) in [6, 6.07) is 12.9. The Hall–Kier alpha value is -2.48. The van der Waals surface area contributed by atoms with E-state index in [-0.39, 0.29) is 11.6 Å². The van der Waals surface area contributed by atoms with Crippen molar-refractivity contribution < 1.29 is 14.3 Å². The third-order valence-corrected chi connectivity index (χ3v) is 5.56. The maximum Gasteiger partial charge on any atom is 0.179 e. The maximum atomic E-state index is 13.1. The molecule has 3 rings (SSSR count). The van der Waals surface area contributed by atoms with Crippen molar-refractivity contribution in [3.63, 3.8) is 0 Å². The van der Waals surface area contributed by atoms with Crippen LogP contribution in [-0.4, -0.2) is 22.8 Å². The van der Waals surface area contributed by atoms with Crippen molar-refractivity contribution in [2.45, 2.75) is 51.7 Å². The number of hydrogen-bond acceptors (Lipinski definition) is 4. The third-order valence-electron chi connectivity index (χ3n) is 5.23. The summed E-state index contributed by atoms with van der Waals surface area (Å²) in [5, 5.41) is 9.63. The fourth-order valence-corrected chi connectivity index (χ4v) is 3.92. The lowest BCUT2D eigenvalue weighted by Crippen LogP contribution is -2.58. The van der Waals surface area contributed by atoms with Crippen molar-refractivity contribution >= 4 is 23.2 Å². The molecule has 0 N–H and O–H groups in total. The molecule has 0 aromatic heterocycles. The van der Waals surface area contributed by atoms with Crippen LogP contribution >= 0.6 is 11.6 Å². The first-order chi connectivity index (χ1) is 13.0. The molecule has 0 spiro atoms. The number of Topliss-reactive ketones (excluding diaryl/α,β-unsaturated/α-hetero) is 2. The number of carbonyl (C=O) groups is 2. The summed E-state index contributed by atoms with van der Waals surface area (Å²) < 4.78 is 5.79. The van der Waals surface area contributed by atoms with E-state index < -0.39 is 17.1 Å². The Kier molecular flexibility index (Phi) is 4.95. The van der Waals surface area contributed by atoms with Gasteiger partial charge >= 0.3 is 0 Å². The van der Waals surface area contributed by atoms with E-state index in [4.69, 9.17) is 16.3 Å². The van der Waals surface area contributed by atoms with Crippen molar-refractivity contribution in [2.75, 3.05) is 0 Å². The van der Waals surface area contributed by atoms with Crippen LogP contribution in [0.5, 0.6) is 0 Å². The lowest BCUT2D eigenvalue weighted by Gasteiger charge is -2.43. The van der Waals surface area contributed by atoms with Gasteiger partial charge in [0.2, 0.25) is 0 Å². The molecule has 0 bridgehead atoms. The third kappa shape index (κ3) is 3.37. The van der Waals surface area contributed by atoms with Crippen LogP contribution in [0.25, 0.3) is 11.1 Å². The molecule has 2 aromatic rings. The minimum atomic E-state index is -1.06. The van der Waals surface area contributed by atoms with Crippen LogP contribution in [0.15, 0.2) is 36.4 Å². The quantitative estimate of drug-likeness (QED) is 0.671. The smallest absolute Gasteiger partial charge is 0.179 e.